The van der Waals surface area contributed by atoms with Gasteiger partial charge < -0.3 is 14.2 Å². The van der Waals surface area contributed by atoms with Crippen LogP contribution >= 0.6 is 69.6 Å². The van der Waals surface area contributed by atoms with Crippen molar-refractivity contribution in [1.29, 1.82) is 0 Å². The lowest BCUT2D eigenvalue weighted by Gasteiger charge is -2.50. The van der Waals surface area contributed by atoms with E-state index in [1.807, 2.05) is 0 Å². The molecule has 156 valence electrons. The quantitative estimate of drug-likeness (QED) is 0.307. The van der Waals surface area contributed by atoms with Crippen LogP contribution in [0.1, 0.15) is 19.3 Å². The van der Waals surface area contributed by atoms with E-state index in [1.54, 1.807) is 0 Å². The molecule has 2 aliphatic carbocycles. The maximum absolute atomic E-state index is 12.8. The van der Waals surface area contributed by atoms with E-state index in [4.69, 9.17) is 83.8 Å². The van der Waals surface area contributed by atoms with E-state index >= 15 is 0 Å². The van der Waals surface area contributed by atoms with Crippen molar-refractivity contribution >= 4 is 81.8 Å². The van der Waals surface area contributed by atoms with Gasteiger partial charge in [-0.2, -0.15) is 0 Å². The van der Waals surface area contributed by atoms with Crippen molar-refractivity contribution in [3.05, 3.63) is 11.1 Å². The van der Waals surface area contributed by atoms with Gasteiger partial charge in [0, 0.05) is 0 Å². The highest BCUT2D eigenvalue weighted by Gasteiger charge is 2.68. The Morgan fingerprint density at radius 2 is 1.25 bits per heavy atom. The predicted octanol–water partition coefficient (Wildman–Crippen LogP) is 4.53. The number of fused-ring (bicyclic) bond motifs is 1. The molecule has 4 atom stereocenters. The second kappa shape index (κ2) is 7.29. The third-order valence-corrected chi connectivity index (χ3v) is 5.71. The number of nitrogens with zero attached hydrogens (tertiary/aromatic N) is 2. The lowest BCUT2D eigenvalue weighted by Crippen LogP contribution is -2.69. The highest BCUT2D eigenvalue weighted by molar-refractivity contribution is 6.68. The molecular weight excluding hydrogens is 501 g/mol. The molecule has 3 aliphatic heterocycles. The molecule has 2 amide bonds. The van der Waals surface area contributed by atoms with E-state index in [0.29, 0.717) is 0 Å². The summed E-state index contributed by atoms with van der Waals surface area (Å²) in [6.07, 6.45) is 0.450. The van der Waals surface area contributed by atoms with Crippen molar-refractivity contribution in [3.8, 4) is 0 Å². The van der Waals surface area contributed by atoms with Crippen LogP contribution in [0.3, 0.4) is 0 Å². The van der Waals surface area contributed by atoms with Crippen LogP contribution in [0.25, 0.3) is 0 Å². The molecule has 0 aromatic rings. The van der Waals surface area contributed by atoms with Crippen LogP contribution in [0.4, 0.5) is 9.59 Å². The van der Waals surface area contributed by atoms with E-state index in [2.05, 4.69) is 0 Å². The highest BCUT2D eigenvalue weighted by Crippen LogP contribution is 2.54. The SMILES string of the molecule is O=C(OCC(Cl)(Cl)Cl)N1[C@@H]2C3=C(CCC3)[C@H]([C@H]3O[C@H]32)N1C(=O)OCC(Cl)(Cl)Cl. The molecular formula is C15H14Cl6N2O5. The smallest absolute Gasteiger partial charge is 0.429 e. The minimum Gasteiger partial charge on any atom is -0.444 e. The van der Waals surface area contributed by atoms with Crippen LogP contribution in [0.15, 0.2) is 11.1 Å². The third-order valence-electron chi connectivity index (χ3n) is 5.05. The Balaban J connectivity index is 1.61. The molecule has 2 saturated heterocycles. The maximum atomic E-state index is 12.8. The minimum atomic E-state index is -1.79. The molecule has 0 N–H and O–H groups in total. The molecule has 0 saturated carbocycles. The van der Waals surface area contributed by atoms with Crippen molar-refractivity contribution in [3.63, 3.8) is 0 Å². The van der Waals surface area contributed by atoms with Crippen LogP contribution in [-0.2, 0) is 14.2 Å². The Kier molecular flexibility index (Phi) is 5.53. The fourth-order valence-corrected chi connectivity index (χ4v) is 4.50. The third kappa shape index (κ3) is 3.96. The number of hydrogen-bond donors (Lipinski definition) is 0. The number of amides is 2. The average Bonchev–Trinajstić information content (AvgIpc) is 3.24. The number of hydrogen-bond acceptors (Lipinski definition) is 5. The summed E-state index contributed by atoms with van der Waals surface area (Å²) in [4.78, 5) is 25.7. The zero-order chi connectivity index (χ0) is 20.4. The normalized spacial score (nSPS) is 30.9. The Morgan fingerprint density at radius 3 is 1.61 bits per heavy atom. The fraction of sp³-hybridized carbons (Fsp3) is 0.733. The molecule has 5 rings (SSSR count). The monoisotopic (exact) mass is 512 g/mol. The highest BCUT2D eigenvalue weighted by atomic mass is 35.6. The van der Waals surface area contributed by atoms with Crippen LogP contribution < -0.4 is 0 Å². The Morgan fingerprint density at radius 1 is 0.857 bits per heavy atom. The molecule has 2 fully saturated rings. The number of halogens is 6. The van der Waals surface area contributed by atoms with Gasteiger partial charge in [-0.1, -0.05) is 69.6 Å². The predicted molar refractivity (Wildman–Crippen MR) is 104 cm³/mol. The summed E-state index contributed by atoms with van der Waals surface area (Å²) in [6, 6.07) is -0.952. The van der Waals surface area contributed by atoms with Gasteiger partial charge in [0.1, 0.15) is 37.5 Å². The van der Waals surface area contributed by atoms with Gasteiger partial charge in [0.2, 0.25) is 7.59 Å². The van der Waals surface area contributed by atoms with E-state index in [0.717, 1.165) is 30.4 Å². The van der Waals surface area contributed by atoms with Gasteiger partial charge in [-0.15, -0.1) is 0 Å². The standard InChI is InChI=1S/C15H14Cl6N2O5/c16-14(17,18)4-26-12(24)22-8-6-2-1-3-7(6)9(11-10(8)28-11)23(22)13(25)27-5-15(19,20)21/h8-11H,1-5H2/t8-,9-,10-,11+/m1/s1. The van der Waals surface area contributed by atoms with Crippen molar-refractivity contribution in [2.45, 2.75) is 51.1 Å². The molecule has 0 unspecified atom stereocenters. The summed E-state index contributed by atoms with van der Waals surface area (Å²) in [6.45, 7) is -0.968. The van der Waals surface area contributed by atoms with Crippen LogP contribution in [0.2, 0.25) is 0 Å². The van der Waals surface area contributed by atoms with E-state index < -0.39 is 45.1 Å². The topological polar surface area (TPSA) is 71.6 Å². The van der Waals surface area contributed by atoms with Gasteiger partial charge in [0.25, 0.3) is 0 Å². The van der Waals surface area contributed by atoms with Gasteiger partial charge in [-0.05, 0) is 30.4 Å². The number of epoxide rings is 1. The van der Waals surface area contributed by atoms with Gasteiger partial charge in [-0.3, -0.25) is 0 Å². The van der Waals surface area contributed by atoms with Crippen molar-refractivity contribution in [1.82, 2.24) is 10.0 Å². The van der Waals surface area contributed by atoms with E-state index in [1.165, 1.54) is 10.0 Å². The van der Waals surface area contributed by atoms with Crippen molar-refractivity contribution < 1.29 is 23.8 Å². The summed E-state index contributed by atoms with van der Waals surface area (Å²) < 4.78 is 12.4. The molecule has 0 aromatic carbocycles. The first-order valence-electron chi connectivity index (χ1n) is 8.40. The summed E-state index contributed by atoms with van der Waals surface area (Å²) in [7, 11) is 0. The van der Waals surface area contributed by atoms with E-state index in [-0.39, 0.29) is 12.2 Å². The van der Waals surface area contributed by atoms with Crippen LogP contribution in [0.5, 0.6) is 0 Å². The lowest BCUT2D eigenvalue weighted by atomic mass is 9.82. The summed E-state index contributed by atoms with van der Waals surface area (Å²) in [5, 5.41) is 2.36. The average molecular weight is 515 g/mol. The zero-order valence-corrected chi connectivity index (χ0v) is 18.6. The largest absolute Gasteiger partial charge is 0.444 e. The summed E-state index contributed by atoms with van der Waals surface area (Å²) in [5.74, 6) is 0. The number of hydrazine groups is 1. The lowest BCUT2D eigenvalue weighted by molar-refractivity contribution is -0.0751. The molecule has 28 heavy (non-hydrogen) atoms. The number of carbonyl (C=O) groups excluding carboxylic acids is 2. The number of alkyl halides is 6. The first kappa shape index (κ1) is 21.2. The second-order valence-electron chi connectivity index (χ2n) is 6.89. The Bertz CT molecular complexity index is 677. The van der Waals surface area contributed by atoms with Crippen LogP contribution in [-0.4, -0.2) is 67.3 Å². The van der Waals surface area contributed by atoms with Crippen molar-refractivity contribution in [2.24, 2.45) is 0 Å². The molecule has 0 radical (unpaired) electrons. The molecule has 0 spiro atoms. The second-order valence-corrected chi connectivity index (χ2v) is 11.9. The summed E-state index contributed by atoms with van der Waals surface area (Å²) >= 11 is 34.0. The Labute approximate surface area is 190 Å². The van der Waals surface area contributed by atoms with E-state index in [9.17, 15) is 9.59 Å². The first-order chi connectivity index (χ1) is 13.0. The zero-order valence-electron chi connectivity index (χ0n) is 14.0. The van der Waals surface area contributed by atoms with Crippen LogP contribution in [0, 0.1) is 0 Å². The van der Waals surface area contributed by atoms with Gasteiger partial charge in [-0.25, -0.2) is 19.6 Å². The molecule has 7 nitrogen and oxygen atoms in total. The molecule has 0 aromatic heterocycles. The first-order valence-corrected chi connectivity index (χ1v) is 10.7. The molecule has 13 heteroatoms. The summed E-state index contributed by atoms with van der Waals surface area (Å²) in [5.41, 5.74) is 2.17. The Hall–Kier alpha value is -0.0200. The number of carbonyl (C=O) groups is 2. The van der Waals surface area contributed by atoms with Gasteiger partial charge in [0.15, 0.2) is 0 Å². The fourth-order valence-electron chi connectivity index (χ4n) is 4.17. The number of rotatable bonds is 2. The molecule has 2 bridgehead atoms. The maximum Gasteiger partial charge on any atom is 0.429 e. The van der Waals surface area contributed by atoms with Crippen molar-refractivity contribution in [2.75, 3.05) is 13.2 Å². The minimum absolute atomic E-state index is 0.209. The number of ether oxygens (including phenoxy) is 3. The molecule has 3 heterocycles. The molecule has 5 aliphatic rings. The van der Waals surface area contributed by atoms with Gasteiger partial charge in [0.05, 0.1) is 0 Å². The van der Waals surface area contributed by atoms with Gasteiger partial charge >= 0.3 is 12.2 Å².